The van der Waals surface area contributed by atoms with Gasteiger partial charge in [0.25, 0.3) is 5.91 Å². The van der Waals surface area contributed by atoms with Crippen molar-refractivity contribution >= 4 is 26.8 Å². The molecule has 0 saturated carbocycles. The van der Waals surface area contributed by atoms with Crippen LogP contribution >= 0.6 is 0 Å². The second kappa shape index (κ2) is 9.45. The van der Waals surface area contributed by atoms with E-state index in [9.17, 15) is 18.0 Å². The number of benzene rings is 1. The lowest BCUT2D eigenvalue weighted by molar-refractivity contribution is -0.906. The van der Waals surface area contributed by atoms with E-state index in [1.54, 1.807) is 6.07 Å². The Labute approximate surface area is 180 Å². The SMILES string of the molecule is O=C(NCC[NH+]1CCOCC1)c1c[nH]c2ccc(S(=O)(=O)N3CCOCC3)cc2c1=O. The third-order valence-electron chi connectivity index (χ3n) is 5.67. The molecule has 2 saturated heterocycles. The second-order valence-corrected chi connectivity index (χ2v) is 9.56. The Kier molecular flexibility index (Phi) is 6.68. The predicted octanol–water partition coefficient (Wildman–Crippen LogP) is -1.81. The molecule has 2 aliphatic rings. The van der Waals surface area contributed by atoms with E-state index >= 15 is 0 Å². The highest BCUT2D eigenvalue weighted by Crippen LogP contribution is 2.20. The lowest BCUT2D eigenvalue weighted by atomic mass is 10.1. The van der Waals surface area contributed by atoms with Crippen LogP contribution in [0.5, 0.6) is 0 Å². The minimum absolute atomic E-state index is 0.0286. The minimum Gasteiger partial charge on any atom is -0.379 e. The predicted molar refractivity (Wildman–Crippen MR) is 113 cm³/mol. The number of H-pyrrole nitrogens is 1. The van der Waals surface area contributed by atoms with Gasteiger partial charge in [-0.3, -0.25) is 9.59 Å². The molecular weight excluding hydrogens is 424 g/mol. The second-order valence-electron chi connectivity index (χ2n) is 7.62. The first-order chi connectivity index (χ1) is 15.0. The number of ether oxygens (including phenoxy) is 2. The lowest BCUT2D eigenvalue weighted by Crippen LogP contribution is -3.14. The number of carbonyl (C=O) groups is 1. The molecule has 3 heterocycles. The first kappa shape index (κ1) is 21.9. The van der Waals surface area contributed by atoms with Crippen molar-refractivity contribution in [1.29, 1.82) is 0 Å². The van der Waals surface area contributed by atoms with Crippen molar-refractivity contribution in [3.63, 3.8) is 0 Å². The van der Waals surface area contributed by atoms with E-state index in [4.69, 9.17) is 9.47 Å². The molecule has 168 valence electrons. The van der Waals surface area contributed by atoms with Gasteiger partial charge < -0.3 is 24.7 Å². The number of aromatic nitrogens is 1. The average Bonchev–Trinajstić information content (AvgIpc) is 2.80. The van der Waals surface area contributed by atoms with E-state index in [2.05, 4.69) is 10.3 Å². The number of sulfonamides is 1. The van der Waals surface area contributed by atoms with Crippen molar-refractivity contribution in [1.82, 2.24) is 14.6 Å². The van der Waals surface area contributed by atoms with Crippen LogP contribution in [0.4, 0.5) is 0 Å². The molecule has 2 aliphatic heterocycles. The summed E-state index contributed by atoms with van der Waals surface area (Å²) in [5, 5.41) is 2.95. The number of pyridine rings is 1. The highest BCUT2D eigenvalue weighted by atomic mass is 32.2. The molecule has 0 radical (unpaired) electrons. The summed E-state index contributed by atoms with van der Waals surface area (Å²) in [4.78, 5) is 29.8. The van der Waals surface area contributed by atoms with Crippen LogP contribution in [0.3, 0.4) is 0 Å². The molecule has 0 spiro atoms. The van der Waals surface area contributed by atoms with Crippen LogP contribution in [0.25, 0.3) is 10.9 Å². The van der Waals surface area contributed by atoms with E-state index in [1.807, 2.05) is 0 Å². The number of carbonyl (C=O) groups excluding carboxylic acids is 1. The van der Waals surface area contributed by atoms with Crippen molar-refractivity contribution in [2.45, 2.75) is 4.90 Å². The molecule has 1 aromatic carbocycles. The standard InChI is InChI=1S/C20H26N4O6S/c25-19-16-13-15(31(27,28)24-7-11-30-12-8-24)1-2-18(16)22-14-17(19)20(26)21-3-4-23-5-9-29-10-6-23/h1-2,13-14H,3-12H2,(H,21,26)(H,22,25)/p+1. The number of quaternary nitrogens is 1. The molecule has 10 nitrogen and oxygen atoms in total. The van der Waals surface area contributed by atoms with Gasteiger partial charge in [-0.1, -0.05) is 0 Å². The number of nitrogens with one attached hydrogen (secondary N) is 3. The maximum Gasteiger partial charge on any atom is 0.256 e. The van der Waals surface area contributed by atoms with E-state index < -0.39 is 21.4 Å². The Bertz CT molecular complexity index is 1100. The summed E-state index contributed by atoms with van der Waals surface area (Å²) in [6.45, 7) is 5.62. The van der Waals surface area contributed by atoms with Crippen molar-refractivity contribution in [3.05, 3.63) is 40.2 Å². The lowest BCUT2D eigenvalue weighted by Gasteiger charge is -2.26. The molecular formula is C20H27N4O6S+. The van der Waals surface area contributed by atoms with E-state index in [0.29, 0.717) is 38.5 Å². The maximum absolute atomic E-state index is 13.0. The monoisotopic (exact) mass is 451 g/mol. The summed E-state index contributed by atoms with van der Waals surface area (Å²) >= 11 is 0. The van der Waals surface area contributed by atoms with Crippen LogP contribution in [-0.4, -0.2) is 89.3 Å². The fourth-order valence-corrected chi connectivity index (χ4v) is 5.26. The molecule has 1 amide bonds. The van der Waals surface area contributed by atoms with Gasteiger partial charge in [0, 0.05) is 30.2 Å². The summed E-state index contributed by atoms with van der Waals surface area (Å²) in [5.41, 5.74) is -0.0605. The topological polar surface area (TPSA) is 122 Å². The zero-order chi connectivity index (χ0) is 21.8. The zero-order valence-electron chi connectivity index (χ0n) is 17.2. The summed E-state index contributed by atoms with van der Waals surface area (Å²) in [7, 11) is -3.74. The van der Waals surface area contributed by atoms with Crippen molar-refractivity contribution in [3.8, 4) is 0 Å². The third-order valence-corrected chi connectivity index (χ3v) is 7.56. The first-order valence-electron chi connectivity index (χ1n) is 10.4. The average molecular weight is 452 g/mol. The van der Waals surface area contributed by atoms with Crippen LogP contribution < -0.4 is 15.6 Å². The molecule has 2 fully saturated rings. The van der Waals surface area contributed by atoms with E-state index in [-0.39, 0.29) is 28.9 Å². The summed E-state index contributed by atoms with van der Waals surface area (Å²) in [6, 6.07) is 4.36. The van der Waals surface area contributed by atoms with Crippen molar-refractivity contribution in [2.24, 2.45) is 0 Å². The number of hydrogen-bond donors (Lipinski definition) is 3. The molecule has 1 aromatic heterocycles. The molecule has 4 rings (SSSR count). The number of morpholine rings is 2. The number of fused-ring (bicyclic) bond motifs is 1. The molecule has 31 heavy (non-hydrogen) atoms. The number of aromatic amines is 1. The van der Waals surface area contributed by atoms with Gasteiger partial charge in [0.05, 0.1) is 44.4 Å². The van der Waals surface area contributed by atoms with Crippen molar-refractivity contribution < 1.29 is 27.6 Å². The van der Waals surface area contributed by atoms with Crippen molar-refractivity contribution in [2.75, 3.05) is 65.7 Å². The van der Waals surface area contributed by atoms with Gasteiger partial charge in [0.15, 0.2) is 0 Å². The smallest absolute Gasteiger partial charge is 0.256 e. The van der Waals surface area contributed by atoms with Gasteiger partial charge in [0.2, 0.25) is 15.5 Å². The van der Waals surface area contributed by atoms with Gasteiger partial charge in [-0.15, -0.1) is 0 Å². The Morgan fingerprint density at radius 1 is 1.13 bits per heavy atom. The number of rotatable bonds is 6. The van der Waals surface area contributed by atoms with E-state index in [0.717, 1.165) is 19.6 Å². The zero-order valence-corrected chi connectivity index (χ0v) is 18.0. The Balaban J connectivity index is 1.53. The molecule has 0 bridgehead atoms. The van der Waals surface area contributed by atoms with Crippen LogP contribution in [0.15, 0.2) is 34.1 Å². The number of nitrogens with zero attached hydrogens (tertiary/aromatic N) is 1. The summed E-state index contributed by atoms with van der Waals surface area (Å²) in [5.74, 6) is -0.475. The third kappa shape index (κ3) is 4.80. The van der Waals surface area contributed by atoms with E-state index in [1.165, 1.54) is 27.5 Å². The van der Waals surface area contributed by atoms with Crippen LogP contribution in [0.2, 0.25) is 0 Å². The first-order valence-corrected chi connectivity index (χ1v) is 11.8. The van der Waals surface area contributed by atoms with Gasteiger partial charge in [-0.2, -0.15) is 4.31 Å². The fourth-order valence-electron chi connectivity index (χ4n) is 3.82. The number of hydrogen-bond acceptors (Lipinski definition) is 6. The molecule has 0 atom stereocenters. The largest absolute Gasteiger partial charge is 0.379 e. The maximum atomic E-state index is 13.0. The van der Waals surface area contributed by atoms with Gasteiger partial charge in [-0.05, 0) is 18.2 Å². The number of amides is 1. The molecule has 11 heteroatoms. The van der Waals surface area contributed by atoms with Crippen LogP contribution in [-0.2, 0) is 19.5 Å². The molecule has 3 N–H and O–H groups in total. The highest BCUT2D eigenvalue weighted by Gasteiger charge is 2.27. The summed E-state index contributed by atoms with van der Waals surface area (Å²) < 4.78 is 37.7. The highest BCUT2D eigenvalue weighted by molar-refractivity contribution is 7.89. The van der Waals surface area contributed by atoms with Crippen LogP contribution in [0, 0.1) is 0 Å². The minimum atomic E-state index is -3.74. The molecule has 2 aromatic rings. The van der Waals surface area contributed by atoms with Gasteiger partial charge in [-0.25, -0.2) is 8.42 Å². The normalized spacial score (nSPS) is 18.8. The quantitative estimate of drug-likeness (QED) is 0.476. The van der Waals surface area contributed by atoms with Gasteiger partial charge in [0.1, 0.15) is 18.7 Å². The van der Waals surface area contributed by atoms with Gasteiger partial charge >= 0.3 is 0 Å². The summed E-state index contributed by atoms with van der Waals surface area (Å²) in [6.07, 6.45) is 1.37. The van der Waals surface area contributed by atoms with Crippen LogP contribution in [0.1, 0.15) is 10.4 Å². The molecule has 0 aliphatic carbocycles. The fraction of sp³-hybridized carbons (Fsp3) is 0.500. The Morgan fingerprint density at radius 3 is 2.58 bits per heavy atom. The Hall–Kier alpha value is -2.31. The Morgan fingerprint density at radius 2 is 1.84 bits per heavy atom. The molecule has 0 unspecified atom stereocenters.